The summed E-state index contributed by atoms with van der Waals surface area (Å²) in [4.78, 5) is 25.8. The molecule has 0 aliphatic carbocycles. The molecule has 16 heteroatoms. The first-order chi connectivity index (χ1) is 53.5. The van der Waals surface area contributed by atoms with Crippen molar-refractivity contribution in [1.29, 1.82) is 0 Å². The normalized spacial score (nSPS) is 11.3. The van der Waals surface area contributed by atoms with Gasteiger partial charge in [-0.2, -0.15) is 0 Å². The summed E-state index contributed by atoms with van der Waals surface area (Å²) in [6.07, 6.45) is 43.5. The first-order valence-corrected chi connectivity index (χ1v) is 41.7. The number of hydrogen-bond acceptors (Lipinski definition) is 16. The van der Waals surface area contributed by atoms with Crippen LogP contribution in [-0.2, 0) is 37.9 Å². The molecule has 0 aliphatic heterocycles. The van der Waals surface area contributed by atoms with E-state index in [4.69, 9.17) is 66.3 Å². The third-order valence-electron chi connectivity index (χ3n) is 18.8. The van der Waals surface area contributed by atoms with E-state index in [-0.39, 0.29) is 0 Å². The monoisotopic (exact) mass is 1490 g/mol. The lowest BCUT2D eigenvalue weighted by molar-refractivity contribution is -0.0241. The molecule has 0 saturated heterocycles. The lowest BCUT2D eigenvalue weighted by Crippen LogP contribution is -2.15. The summed E-state index contributed by atoms with van der Waals surface area (Å²) in [6.45, 7) is 13.9. The van der Waals surface area contributed by atoms with Gasteiger partial charge in [0, 0.05) is 0 Å². The summed E-state index contributed by atoms with van der Waals surface area (Å²) in [5.41, 5.74) is 5.05. The third-order valence-corrected chi connectivity index (χ3v) is 18.8. The number of unbranched alkanes of at least 4 members (excludes halogenated alkanes) is 30. The van der Waals surface area contributed by atoms with E-state index in [1.165, 1.54) is 193 Å². The van der Waals surface area contributed by atoms with Crippen molar-refractivity contribution in [2.45, 2.75) is 219 Å². The summed E-state index contributed by atoms with van der Waals surface area (Å²) < 4.78 is 79.8. The van der Waals surface area contributed by atoms with Crippen molar-refractivity contribution in [2.75, 3.05) is 132 Å². The minimum absolute atomic E-state index is 0.357. The number of rotatable bonds is 71. The SMILES string of the molecule is CCCCCCCCCCCCCCCCCCOc1ccc(-c2ccc(OC(=O)c3ccc(OCCOCCOCCOCCOCCOCCOCCOCCOCCOc4ccc(C(=O)Oc5ccc(-c6ccc(OCCCCCCCCCCCCCCCCCC)cc6)cc5)cc4)cc3)cc2)cc1. The second kappa shape index (κ2) is 62.9. The third kappa shape index (κ3) is 44.7. The molecule has 0 bridgehead atoms. The molecule has 0 amide bonds. The van der Waals surface area contributed by atoms with E-state index in [2.05, 4.69) is 38.1 Å². The first kappa shape index (κ1) is 90.0. The van der Waals surface area contributed by atoms with Crippen LogP contribution < -0.4 is 28.4 Å². The average molecular weight is 1500 g/mol. The smallest absolute Gasteiger partial charge is 0.343 e. The fraction of sp³-hybridized carbons (Fsp3) is 0.587. The van der Waals surface area contributed by atoms with Gasteiger partial charge in [-0.3, -0.25) is 0 Å². The van der Waals surface area contributed by atoms with Gasteiger partial charge in [0.25, 0.3) is 0 Å². The zero-order valence-corrected chi connectivity index (χ0v) is 66.2. The molecule has 0 spiro atoms. The summed E-state index contributed by atoms with van der Waals surface area (Å²) >= 11 is 0. The first-order valence-electron chi connectivity index (χ1n) is 41.7. The highest BCUT2D eigenvalue weighted by molar-refractivity contribution is 5.92. The standard InChI is InChI=1S/C92H134O16/c1-3-5-7-9-11-13-15-17-19-21-23-25-27-29-31-33-59-103-85-47-35-79(36-48-85)81-39-55-89(56-40-81)107-91(93)83-43-51-87(52-44-83)105-77-75-101-73-71-99-69-67-97-65-63-95-61-62-96-64-66-98-68-70-100-72-74-102-76-78-106-88-53-45-84(46-54-88)92(94)108-90-57-41-82(42-58-90)80-37-49-86(50-38-80)104-60-34-32-30-28-26-24-22-20-18-16-14-12-10-8-6-4-2/h35-58H,3-34,59-78H2,1-2H3. The predicted molar refractivity (Wildman–Crippen MR) is 434 cm³/mol. The fourth-order valence-electron chi connectivity index (χ4n) is 12.4. The highest BCUT2D eigenvalue weighted by Gasteiger charge is 2.13. The molecule has 0 aromatic heterocycles. The van der Waals surface area contributed by atoms with Gasteiger partial charge in [0.1, 0.15) is 47.7 Å². The molecular formula is C92H134O16. The van der Waals surface area contributed by atoms with Crippen LogP contribution in [-0.4, -0.2) is 144 Å². The average Bonchev–Trinajstić information content (AvgIpc) is 0.867. The zero-order valence-electron chi connectivity index (χ0n) is 66.2. The number of ether oxygens (including phenoxy) is 14. The van der Waals surface area contributed by atoms with Gasteiger partial charge in [-0.15, -0.1) is 0 Å². The minimum atomic E-state index is -0.441. The molecule has 0 N–H and O–H groups in total. The van der Waals surface area contributed by atoms with Gasteiger partial charge in [0.15, 0.2) is 0 Å². The van der Waals surface area contributed by atoms with Crippen molar-refractivity contribution in [2.24, 2.45) is 0 Å². The lowest BCUT2D eigenvalue weighted by Gasteiger charge is -2.10. The maximum absolute atomic E-state index is 12.9. The molecule has 6 aromatic carbocycles. The molecule has 0 atom stereocenters. The second-order valence-corrected chi connectivity index (χ2v) is 27.8. The number of carbonyl (C=O) groups excluding carboxylic acids is 2. The Kier molecular flexibility index (Phi) is 52.4. The Bertz CT molecular complexity index is 2860. The van der Waals surface area contributed by atoms with Crippen molar-refractivity contribution in [3.8, 4) is 56.8 Å². The van der Waals surface area contributed by atoms with Crippen LogP contribution in [0.25, 0.3) is 22.3 Å². The summed E-state index contributed by atoms with van der Waals surface area (Å²) in [6, 6.07) is 45.2. The van der Waals surface area contributed by atoms with Crippen molar-refractivity contribution >= 4 is 11.9 Å². The second-order valence-electron chi connectivity index (χ2n) is 27.8. The van der Waals surface area contributed by atoms with Crippen LogP contribution in [0.15, 0.2) is 146 Å². The molecular weight excluding hydrogens is 1360 g/mol. The van der Waals surface area contributed by atoms with Crippen LogP contribution in [0.5, 0.6) is 34.5 Å². The van der Waals surface area contributed by atoms with Crippen LogP contribution in [0.1, 0.15) is 240 Å². The van der Waals surface area contributed by atoms with Gasteiger partial charge in [-0.25, -0.2) is 9.59 Å². The number of benzene rings is 6. The molecule has 6 aromatic rings. The predicted octanol–water partition coefficient (Wildman–Crippen LogP) is 22.3. The van der Waals surface area contributed by atoms with E-state index in [1.807, 2.05) is 72.8 Å². The summed E-state index contributed by atoms with van der Waals surface area (Å²) in [5.74, 6) is 3.10. The quantitative estimate of drug-likeness (QED) is 0.0201. The van der Waals surface area contributed by atoms with Gasteiger partial charge in [0.2, 0.25) is 0 Å². The van der Waals surface area contributed by atoms with Gasteiger partial charge >= 0.3 is 11.9 Å². The van der Waals surface area contributed by atoms with E-state index in [0.29, 0.717) is 153 Å². The minimum Gasteiger partial charge on any atom is -0.494 e. The number of esters is 2. The largest absolute Gasteiger partial charge is 0.494 e. The molecule has 598 valence electrons. The molecule has 0 aliphatic rings. The Balaban J connectivity index is 0.629. The Morgan fingerprint density at radius 2 is 0.352 bits per heavy atom. The maximum atomic E-state index is 12.9. The van der Waals surface area contributed by atoms with Crippen LogP contribution in [0.4, 0.5) is 0 Å². The van der Waals surface area contributed by atoms with Crippen molar-refractivity contribution in [1.82, 2.24) is 0 Å². The van der Waals surface area contributed by atoms with Crippen LogP contribution in [0.3, 0.4) is 0 Å². The fourth-order valence-corrected chi connectivity index (χ4v) is 12.4. The van der Waals surface area contributed by atoms with Crippen molar-refractivity contribution < 1.29 is 75.9 Å². The van der Waals surface area contributed by atoms with Gasteiger partial charge in [-0.1, -0.05) is 255 Å². The lowest BCUT2D eigenvalue weighted by atomic mass is 10.0. The molecule has 108 heavy (non-hydrogen) atoms. The van der Waals surface area contributed by atoms with Crippen molar-refractivity contribution in [3.63, 3.8) is 0 Å². The van der Waals surface area contributed by atoms with Gasteiger partial charge in [-0.05, 0) is 132 Å². The Hall–Kier alpha value is -6.86. The van der Waals surface area contributed by atoms with Gasteiger partial charge in [0.05, 0.1) is 130 Å². The van der Waals surface area contributed by atoms with E-state index < -0.39 is 11.9 Å². The molecule has 0 heterocycles. The zero-order chi connectivity index (χ0) is 75.7. The van der Waals surface area contributed by atoms with E-state index in [1.54, 1.807) is 48.5 Å². The summed E-state index contributed by atoms with van der Waals surface area (Å²) in [7, 11) is 0. The Morgan fingerprint density at radius 3 is 0.565 bits per heavy atom. The van der Waals surface area contributed by atoms with E-state index in [9.17, 15) is 9.59 Å². The molecule has 0 saturated carbocycles. The molecule has 0 fully saturated rings. The Morgan fingerprint density at radius 1 is 0.185 bits per heavy atom. The summed E-state index contributed by atoms with van der Waals surface area (Å²) in [5, 5.41) is 0. The van der Waals surface area contributed by atoms with E-state index in [0.717, 1.165) is 59.8 Å². The molecule has 0 unspecified atom stereocenters. The van der Waals surface area contributed by atoms with E-state index >= 15 is 0 Å². The Labute approximate surface area is 649 Å². The topological polar surface area (TPSA) is 163 Å². The number of hydrogen-bond donors (Lipinski definition) is 0. The molecule has 0 radical (unpaired) electrons. The van der Waals surface area contributed by atoms with Crippen molar-refractivity contribution in [3.05, 3.63) is 157 Å². The highest BCUT2D eigenvalue weighted by Crippen LogP contribution is 2.29. The number of carbonyl (C=O) groups is 2. The molecule has 6 rings (SSSR count). The van der Waals surface area contributed by atoms with Crippen LogP contribution >= 0.6 is 0 Å². The van der Waals surface area contributed by atoms with Crippen LogP contribution in [0, 0.1) is 0 Å². The highest BCUT2D eigenvalue weighted by atomic mass is 16.6. The molecule has 16 nitrogen and oxygen atoms in total. The van der Waals surface area contributed by atoms with Crippen LogP contribution in [0.2, 0.25) is 0 Å². The van der Waals surface area contributed by atoms with Gasteiger partial charge < -0.3 is 66.3 Å². The maximum Gasteiger partial charge on any atom is 0.343 e.